The van der Waals surface area contributed by atoms with Crippen molar-refractivity contribution in [2.45, 2.75) is 70.4 Å². The van der Waals surface area contributed by atoms with Crippen LogP contribution in [0.5, 0.6) is 5.75 Å². The number of carbonyl (C=O) groups is 2. The molecule has 0 aliphatic carbocycles. The Balaban J connectivity index is 1.62. The minimum atomic E-state index is -0.785. The van der Waals surface area contributed by atoms with Gasteiger partial charge < -0.3 is 20.2 Å². The van der Waals surface area contributed by atoms with E-state index in [0.29, 0.717) is 19.4 Å². The Kier molecular flexibility index (Phi) is 9.28. The number of aryl methyl sites for hydroxylation is 1. The van der Waals surface area contributed by atoms with Crippen molar-refractivity contribution in [1.82, 2.24) is 4.90 Å². The number of phenolic OH excluding ortho intramolecular Hbond substituents is 1. The van der Waals surface area contributed by atoms with Gasteiger partial charge in [0.1, 0.15) is 5.75 Å². The van der Waals surface area contributed by atoms with Crippen LogP contribution in [-0.2, 0) is 9.59 Å². The first kappa shape index (κ1) is 25.5. The number of aliphatic hydroxyl groups excluding tert-OH is 1. The first-order chi connectivity index (χ1) is 16.3. The second-order valence-electron chi connectivity index (χ2n) is 9.06. The van der Waals surface area contributed by atoms with Gasteiger partial charge in [-0.3, -0.25) is 9.59 Å². The number of aliphatic carboxylic acids is 1. The molecule has 2 aromatic rings. The van der Waals surface area contributed by atoms with Crippen LogP contribution in [0.25, 0.3) is 11.1 Å². The van der Waals surface area contributed by atoms with Gasteiger partial charge >= 0.3 is 5.97 Å². The molecule has 0 radical (unpaired) electrons. The summed E-state index contributed by atoms with van der Waals surface area (Å²) in [6.45, 7) is 2.60. The molecule has 0 spiro atoms. The third-order valence-corrected chi connectivity index (χ3v) is 6.42. The summed E-state index contributed by atoms with van der Waals surface area (Å²) in [6, 6.07) is 13.0. The third-order valence-electron chi connectivity index (χ3n) is 6.42. The average Bonchev–Trinajstić information content (AvgIpc) is 2.80. The van der Waals surface area contributed by atoms with Crippen molar-refractivity contribution in [2.75, 3.05) is 6.54 Å². The number of rotatable bonds is 11. The van der Waals surface area contributed by atoms with Gasteiger partial charge in [0, 0.05) is 19.4 Å². The molecule has 1 aliphatic rings. The maximum absolute atomic E-state index is 12.5. The van der Waals surface area contributed by atoms with Crippen LogP contribution in [0.4, 0.5) is 0 Å². The van der Waals surface area contributed by atoms with Gasteiger partial charge in [-0.15, -0.1) is 0 Å². The number of hydrogen-bond donors (Lipinski definition) is 3. The van der Waals surface area contributed by atoms with Crippen LogP contribution >= 0.6 is 0 Å². The van der Waals surface area contributed by atoms with Crippen LogP contribution in [0, 0.1) is 6.92 Å². The molecule has 3 N–H and O–H groups in total. The van der Waals surface area contributed by atoms with Gasteiger partial charge in [-0.2, -0.15) is 0 Å². The lowest BCUT2D eigenvalue weighted by Crippen LogP contribution is -2.43. The maximum atomic E-state index is 12.5. The minimum Gasteiger partial charge on any atom is -0.508 e. The highest BCUT2D eigenvalue weighted by atomic mass is 16.4. The molecule has 1 unspecified atom stereocenters. The maximum Gasteiger partial charge on any atom is 0.303 e. The van der Waals surface area contributed by atoms with Crippen LogP contribution in [0.3, 0.4) is 0 Å². The molecule has 2 aromatic carbocycles. The molecular weight excluding hydrogens is 430 g/mol. The molecule has 0 saturated carbocycles. The minimum absolute atomic E-state index is 0.0301. The number of carboxylic acids is 1. The van der Waals surface area contributed by atoms with E-state index >= 15 is 0 Å². The monoisotopic (exact) mass is 465 g/mol. The van der Waals surface area contributed by atoms with Gasteiger partial charge in [-0.1, -0.05) is 49.3 Å². The Morgan fingerprint density at radius 3 is 2.71 bits per heavy atom. The van der Waals surface area contributed by atoms with Crippen LogP contribution in [0.1, 0.15) is 68.6 Å². The van der Waals surface area contributed by atoms with E-state index in [1.54, 1.807) is 18.2 Å². The van der Waals surface area contributed by atoms with Crippen molar-refractivity contribution in [3.63, 3.8) is 0 Å². The molecule has 6 nitrogen and oxygen atoms in total. The largest absolute Gasteiger partial charge is 0.508 e. The summed E-state index contributed by atoms with van der Waals surface area (Å²) in [5.41, 5.74) is 3.71. The first-order valence-electron chi connectivity index (χ1n) is 12.1. The van der Waals surface area contributed by atoms with Crippen molar-refractivity contribution in [3.8, 4) is 16.9 Å². The summed E-state index contributed by atoms with van der Waals surface area (Å²) in [5, 5.41) is 29.2. The molecule has 1 saturated heterocycles. The fraction of sp³-hybridized carbons (Fsp3) is 0.429. The molecule has 0 bridgehead atoms. The second kappa shape index (κ2) is 12.4. The highest BCUT2D eigenvalue weighted by Gasteiger charge is 2.25. The van der Waals surface area contributed by atoms with Gasteiger partial charge in [0.2, 0.25) is 5.91 Å². The Bertz CT molecular complexity index is 1020. The van der Waals surface area contributed by atoms with E-state index in [0.717, 1.165) is 54.4 Å². The number of carbonyl (C=O) groups excluding carboxylic acids is 1. The number of piperidine rings is 1. The van der Waals surface area contributed by atoms with E-state index in [1.807, 2.05) is 48.2 Å². The molecule has 1 fully saturated rings. The topological polar surface area (TPSA) is 98.1 Å². The summed E-state index contributed by atoms with van der Waals surface area (Å²) >= 11 is 0. The zero-order valence-corrected chi connectivity index (χ0v) is 19.8. The highest BCUT2D eigenvalue weighted by Crippen LogP contribution is 2.29. The number of likely N-dealkylation sites (tertiary alicyclic amines) is 1. The zero-order valence-electron chi connectivity index (χ0n) is 19.8. The first-order valence-corrected chi connectivity index (χ1v) is 12.1. The van der Waals surface area contributed by atoms with Crippen LogP contribution in [0.2, 0.25) is 0 Å². The van der Waals surface area contributed by atoms with E-state index in [1.165, 1.54) is 0 Å². The van der Waals surface area contributed by atoms with E-state index < -0.39 is 12.1 Å². The number of phenols is 1. The number of carboxylic acid groups (broad SMARTS) is 1. The van der Waals surface area contributed by atoms with Crippen molar-refractivity contribution in [2.24, 2.45) is 0 Å². The fourth-order valence-corrected chi connectivity index (χ4v) is 4.56. The van der Waals surface area contributed by atoms with E-state index in [2.05, 4.69) is 0 Å². The Morgan fingerprint density at radius 2 is 1.94 bits per heavy atom. The summed E-state index contributed by atoms with van der Waals surface area (Å²) in [4.78, 5) is 25.0. The predicted molar refractivity (Wildman–Crippen MR) is 132 cm³/mol. The van der Waals surface area contributed by atoms with Gasteiger partial charge in [0.15, 0.2) is 0 Å². The standard InChI is InChI=1S/C28H35NO5/c1-20-18-24(30)14-15-25(20)21-8-6-9-22(19-21)26(31)16-13-23-10-7-11-27(32)29(23)17-5-3-2-4-12-28(33)34/h6,8-9,13-16,18-19,23,26,30-31H,2-5,7,10-12,17H2,1H3,(H,33,34)/t23-,26?/m1/s1. The number of hydrogen-bond acceptors (Lipinski definition) is 4. The number of nitrogens with zero attached hydrogens (tertiary/aromatic N) is 1. The summed E-state index contributed by atoms with van der Waals surface area (Å²) in [6.07, 6.45) is 8.68. The molecule has 3 rings (SSSR count). The third kappa shape index (κ3) is 7.19. The van der Waals surface area contributed by atoms with Gasteiger partial charge in [0.25, 0.3) is 0 Å². The van der Waals surface area contributed by atoms with Crippen molar-refractivity contribution >= 4 is 11.9 Å². The number of aromatic hydroxyl groups is 1. The smallest absolute Gasteiger partial charge is 0.303 e. The van der Waals surface area contributed by atoms with Crippen molar-refractivity contribution in [3.05, 3.63) is 65.7 Å². The summed E-state index contributed by atoms with van der Waals surface area (Å²) in [5.74, 6) is -0.392. The second-order valence-corrected chi connectivity index (χ2v) is 9.06. The molecule has 182 valence electrons. The highest BCUT2D eigenvalue weighted by molar-refractivity contribution is 5.77. The fourth-order valence-electron chi connectivity index (χ4n) is 4.56. The molecule has 34 heavy (non-hydrogen) atoms. The normalized spacial score (nSPS) is 17.3. The van der Waals surface area contributed by atoms with E-state index in [9.17, 15) is 19.8 Å². The number of amides is 1. The predicted octanol–water partition coefficient (Wildman–Crippen LogP) is 5.37. The Hall–Kier alpha value is -3.12. The Labute approximate surface area is 201 Å². The molecular formula is C28H35NO5. The number of unbranched alkanes of at least 4 members (excludes halogenated alkanes) is 3. The molecule has 1 amide bonds. The van der Waals surface area contributed by atoms with Gasteiger partial charge in [-0.05, 0) is 73.1 Å². The molecule has 0 aromatic heterocycles. The summed E-state index contributed by atoms with van der Waals surface area (Å²) in [7, 11) is 0. The lowest BCUT2D eigenvalue weighted by molar-refractivity contribution is -0.137. The molecule has 1 aliphatic heterocycles. The van der Waals surface area contributed by atoms with Crippen LogP contribution in [-0.4, -0.2) is 44.7 Å². The number of benzene rings is 2. The van der Waals surface area contributed by atoms with E-state index in [-0.39, 0.29) is 24.1 Å². The lowest BCUT2D eigenvalue weighted by atomic mass is 9.96. The quantitative estimate of drug-likeness (QED) is 0.306. The van der Waals surface area contributed by atoms with Crippen LogP contribution < -0.4 is 0 Å². The summed E-state index contributed by atoms with van der Waals surface area (Å²) < 4.78 is 0. The molecule has 6 heteroatoms. The average molecular weight is 466 g/mol. The van der Waals surface area contributed by atoms with E-state index in [4.69, 9.17) is 5.11 Å². The lowest BCUT2D eigenvalue weighted by Gasteiger charge is -2.34. The number of aliphatic hydroxyl groups is 1. The Morgan fingerprint density at radius 1 is 1.15 bits per heavy atom. The van der Waals surface area contributed by atoms with Gasteiger partial charge in [0.05, 0.1) is 12.1 Å². The van der Waals surface area contributed by atoms with Crippen molar-refractivity contribution < 1.29 is 24.9 Å². The molecule has 1 heterocycles. The van der Waals surface area contributed by atoms with Crippen molar-refractivity contribution in [1.29, 1.82) is 0 Å². The SMILES string of the molecule is Cc1cc(O)ccc1-c1cccc(C(O)C=C[C@H]2CCCC(=O)N2CCCCCCC(=O)O)c1. The molecule has 2 atom stereocenters. The van der Waals surface area contributed by atoms with Gasteiger partial charge in [-0.25, -0.2) is 0 Å². The zero-order chi connectivity index (χ0) is 24.5. The van der Waals surface area contributed by atoms with Crippen LogP contribution in [0.15, 0.2) is 54.6 Å².